The van der Waals surface area contributed by atoms with Gasteiger partial charge in [0.05, 0.1) is 23.7 Å². The molecule has 0 amide bonds. The topological polar surface area (TPSA) is 63.0 Å². The van der Waals surface area contributed by atoms with Crippen LogP contribution in [0.15, 0.2) is 42.6 Å². The first-order valence-electron chi connectivity index (χ1n) is 13.8. The second-order valence-corrected chi connectivity index (χ2v) is 11.3. The Balaban J connectivity index is 1.42. The molecule has 0 aliphatic heterocycles. The van der Waals surface area contributed by atoms with Gasteiger partial charge < -0.3 is 4.90 Å². The zero-order chi connectivity index (χ0) is 29.8. The van der Waals surface area contributed by atoms with Gasteiger partial charge in [0.25, 0.3) is 5.95 Å². The number of anilines is 1. The molecule has 7 nitrogen and oxygen atoms in total. The molecule has 2 aromatic carbocycles. The monoisotopic (exact) mass is 589 g/mol. The number of halogens is 6. The van der Waals surface area contributed by atoms with Crippen LogP contribution in [0.25, 0.3) is 10.9 Å². The number of pyridine rings is 1. The number of hydrogen-bond acceptors (Lipinski definition) is 6. The number of aryl methyl sites for hydroxylation is 2. The van der Waals surface area contributed by atoms with Gasteiger partial charge in [-0.25, -0.2) is 0 Å². The van der Waals surface area contributed by atoms with E-state index in [2.05, 4.69) is 31.4 Å². The van der Waals surface area contributed by atoms with Crippen molar-refractivity contribution in [2.45, 2.75) is 76.7 Å². The van der Waals surface area contributed by atoms with E-state index in [9.17, 15) is 26.3 Å². The van der Waals surface area contributed by atoms with Crippen LogP contribution in [0.5, 0.6) is 0 Å². The van der Waals surface area contributed by atoms with Crippen molar-refractivity contribution in [2.75, 3.05) is 4.90 Å². The molecule has 0 spiro atoms. The Labute approximate surface area is 238 Å². The van der Waals surface area contributed by atoms with Crippen LogP contribution in [0.4, 0.5) is 32.3 Å². The predicted molar refractivity (Wildman–Crippen MR) is 143 cm³/mol. The number of aromatic nitrogens is 5. The van der Waals surface area contributed by atoms with Crippen molar-refractivity contribution in [2.24, 2.45) is 7.05 Å². The molecule has 13 heteroatoms. The first-order valence-corrected chi connectivity index (χ1v) is 13.8. The van der Waals surface area contributed by atoms with Crippen LogP contribution in [0.1, 0.15) is 59.1 Å². The Hall–Kier alpha value is -3.74. The Morgan fingerprint density at radius 1 is 0.857 bits per heavy atom. The summed E-state index contributed by atoms with van der Waals surface area (Å²) in [6.45, 7) is 2.48. The predicted octanol–water partition coefficient (Wildman–Crippen LogP) is 6.44. The zero-order valence-electron chi connectivity index (χ0n) is 23.0. The lowest BCUT2D eigenvalue weighted by molar-refractivity contribution is -0.143. The first-order chi connectivity index (χ1) is 19.8. The summed E-state index contributed by atoms with van der Waals surface area (Å²) in [5.74, 6) is 0.0833. The van der Waals surface area contributed by atoms with Crippen molar-refractivity contribution in [1.29, 1.82) is 0 Å². The maximum absolute atomic E-state index is 13.6. The van der Waals surface area contributed by atoms with Gasteiger partial charge >= 0.3 is 12.4 Å². The number of nitrogens with zero attached hydrogens (tertiary/aromatic N) is 7. The van der Waals surface area contributed by atoms with Gasteiger partial charge in [0.1, 0.15) is 0 Å². The van der Waals surface area contributed by atoms with Crippen molar-refractivity contribution in [3.8, 4) is 0 Å². The van der Waals surface area contributed by atoms with Crippen LogP contribution in [-0.4, -0.2) is 42.2 Å². The minimum Gasteiger partial charge on any atom is -0.329 e. The van der Waals surface area contributed by atoms with Gasteiger partial charge in [-0.3, -0.25) is 9.88 Å². The van der Waals surface area contributed by atoms with Crippen LogP contribution >= 0.6 is 0 Å². The Kier molecular flexibility index (Phi) is 7.11. The molecule has 0 unspecified atom stereocenters. The molecule has 222 valence electrons. The van der Waals surface area contributed by atoms with E-state index in [1.165, 1.54) is 11.8 Å². The van der Waals surface area contributed by atoms with Gasteiger partial charge in [-0.2, -0.15) is 31.1 Å². The Morgan fingerprint density at radius 2 is 1.50 bits per heavy atom. The Morgan fingerprint density at radius 3 is 2.05 bits per heavy atom. The summed E-state index contributed by atoms with van der Waals surface area (Å²) in [5, 5.41) is 13.1. The van der Waals surface area contributed by atoms with Gasteiger partial charge in [-0.15, -0.1) is 5.10 Å². The van der Waals surface area contributed by atoms with Crippen molar-refractivity contribution >= 4 is 16.9 Å². The fourth-order valence-electron chi connectivity index (χ4n) is 5.41. The number of fused-ring (bicyclic) bond motifs is 1. The van der Waals surface area contributed by atoms with E-state index in [0.29, 0.717) is 18.6 Å². The summed E-state index contributed by atoms with van der Waals surface area (Å²) >= 11 is 0. The smallest absolute Gasteiger partial charge is 0.329 e. The lowest BCUT2D eigenvalue weighted by atomic mass is 10.00. The molecule has 2 heterocycles. The summed E-state index contributed by atoms with van der Waals surface area (Å²) in [6.07, 6.45) is -3.61. The number of tetrazole rings is 1. The molecule has 4 aromatic rings. The number of hydrogen-bond donors (Lipinski definition) is 0. The molecule has 2 aliphatic carbocycles. The minimum absolute atomic E-state index is 0.0833. The van der Waals surface area contributed by atoms with Crippen LogP contribution in [0.3, 0.4) is 0 Å². The molecule has 2 fully saturated rings. The van der Waals surface area contributed by atoms with Crippen LogP contribution in [0, 0.1) is 6.92 Å². The standard InChI is InChI=1S/C29H29F6N7/c1-17-3-8-26-24(9-17)25(16-42(22-4-5-22)23-6-7-23)19(13-36-26)15-41(27-37-39-40(2)38-27)14-18-10-20(28(30,31)32)12-21(11-18)29(33,34)35/h3,8-13,22-23H,4-7,14-16H2,1-2H3. The molecule has 0 N–H and O–H groups in total. The molecule has 0 saturated heterocycles. The minimum atomic E-state index is -4.95. The summed E-state index contributed by atoms with van der Waals surface area (Å²) in [7, 11) is 1.54. The average molecular weight is 590 g/mol. The van der Waals surface area contributed by atoms with Gasteiger partial charge in [-0.05, 0) is 84.8 Å². The SMILES string of the molecule is Cc1ccc2ncc(CN(Cc3cc(C(F)(F)F)cc(C(F)(F)F)c3)c3nnn(C)n3)c(CN(C3CC3)C3CC3)c2c1. The van der Waals surface area contributed by atoms with Crippen molar-refractivity contribution in [3.63, 3.8) is 0 Å². The average Bonchev–Trinajstić information content (AvgIpc) is 3.85. The summed E-state index contributed by atoms with van der Waals surface area (Å²) in [5.41, 5.74) is 0.811. The molecule has 2 aromatic heterocycles. The molecule has 6 rings (SSSR count). The highest BCUT2D eigenvalue weighted by atomic mass is 19.4. The van der Waals surface area contributed by atoms with E-state index in [1.54, 1.807) is 11.1 Å². The van der Waals surface area contributed by atoms with Crippen molar-refractivity contribution in [3.05, 3.63) is 76.0 Å². The highest BCUT2D eigenvalue weighted by Gasteiger charge is 2.40. The largest absolute Gasteiger partial charge is 0.416 e. The van der Waals surface area contributed by atoms with E-state index in [-0.39, 0.29) is 30.7 Å². The van der Waals surface area contributed by atoms with Gasteiger partial charge in [0, 0.05) is 43.3 Å². The van der Waals surface area contributed by atoms with E-state index in [0.717, 1.165) is 65.4 Å². The second kappa shape index (κ2) is 10.5. The molecule has 2 saturated carbocycles. The molecular weight excluding hydrogens is 560 g/mol. The zero-order valence-corrected chi connectivity index (χ0v) is 23.0. The fourth-order valence-corrected chi connectivity index (χ4v) is 5.41. The first kappa shape index (κ1) is 28.4. The number of rotatable bonds is 9. The third-order valence-corrected chi connectivity index (χ3v) is 7.76. The lowest BCUT2D eigenvalue weighted by Gasteiger charge is -2.27. The fraction of sp³-hybridized carbons (Fsp3) is 0.448. The van der Waals surface area contributed by atoms with E-state index >= 15 is 0 Å². The van der Waals surface area contributed by atoms with Crippen LogP contribution in [0.2, 0.25) is 0 Å². The Bertz CT molecular complexity index is 1560. The van der Waals surface area contributed by atoms with Gasteiger partial charge in [0.2, 0.25) is 0 Å². The van der Waals surface area contributed by atoms with E-state index < -0.39 is 23.5 Å². The summed E-state index contributed by atoms with van der Waals surface area (Å²) in [4.78, 5) is 9.92. The summed E-state index contributed by atoms with van der Waals surface area (Å²) in [6, 6.07) is 8.66. The molecule has 2 aliphatic rings. The summed E-state index contributed by atoms with van der Waals surface area (Å²) < 4.78 is 81.7. The highest BCUT2D eigenvalue weighted by molar-refractivity contribution is 5.84. The van der Waals surface area contributed by atoms with Crippen molar-refractivity contribution in [1.82, 2.24) is 30.1 Å². The van der Waals surface area contributed by atoms with Crippen LogP contribution in [-0.2, 0) is 39.0 Å². The number of benzene rings is 2. The third-order valence-electron chi connectivity index (χ3n) is 7.76. The normalized spacial score (nSPS) is 16.0. The third kappa shape index (κ3) is 6.20. The van der Waals surface area contributed by atoms with Gasteiger partial charge in [0.15, 0.2) is 0 Å². The molecule has 0 atom stereocenters. The molecule has 0 bridgehead atoms. The quantitative estimate of drug-likeness (QED) is 0.210. The lowest BCUT2D eigenvalue weighted by Crippen LogP contribution is -2.30. The van der Waals surface area contributed by atoms with E-state index in [4.69, 9.17) is 0 Å². The molecular formula is C29H29F6N7. The van der Waals surface area contributed by atoms with Crippen LogP contribution < -0.4 is 4.90 Å². The van der Waals surface area contributed by atoms with E-state index in [1.807, 2.05) is 19.1 Å². The maximum Gasteiger partial charge on any atom is 0.416 e. The number of alkyl halides is 6. The molecule has 42 heavy (non-hydrogen) atoms. The maximum atomic E-state index is 13.6. The second-order valence-electron chi connectivity index (χ2n) is 11.3. The highest BCUT2D eigenvalue weighted by Crippen LogP contribution is 2.40. The van der Waals surface area contributed by atoms with Gasteiger partial charge in [-0.1, -0.05) is 16.7 Å². The molecule has 0 radical (unpaired) electrons. The van der Waals surface area contributed by atoms with Crippen molar-refractivity contribution < 1.29 is 26.3 Å².